The van der Waals surface area contributed by atoms with Gasteiger partial charge in [0.2, 0.25) is 0 Å². The highest BCUT2D eigenvalue weighted by Gasteiger charge is 2.71. The van der Waals surface area contributed by atoms with Crippen LogP contribution >= 0.6 is 0 Å². The molecule has 3 fully saturated rings. The standard InChI is InChI=1S/C24H40O4Si/c1-7-23-11-10-18(21(23,2)3)15-24(23,25)19-8-9-20-22(14-19,16-27-20)28-17-26-12-13-29(4,5)6/h7,14,18,20,25H,1,8-13,15-17H2,2-6H3/t18-,20-,22+,23-,24+/m1/s1. The zero-order chi connectivity index (χ0) is 21.1. The lowest BCUT2D eigenvalue weighted by Gasteiger charge is -2.54. The van der Waals surface area contributed by atoms with Crippen LogP contribution in [-0.4, -0.2) is 50.5 Å². The zero-order valence-electron chi connectivity index (χ0n) is 19.1. The summed E-state index contributed by atoms with van der Waals surface area (Å²) in [4.78, 5) is 0. The van der Waals surface area contributed by atoms with Crippen LogP contribution in [-0.2, 0) is 14.2 Å². The van der Waals surface area contributed by atoms with Gasteiger partial charge in [-0.1, -0.05) is 39.6 Å². The Morgan fingerprint density at radius 2 is 2.07 bits per heavy atom. The smallest absolute Gasteiger partial charge is 0.148 e. The molecule has 4 rings (SSSR count). The third-order valence-corrected chi connectivity index (χ3v) is 10.5. The fourth-order valence-corrected chi connectivity index (χ4v) is 7.37. The molecule has 0 spiro atoms. The Hall–Kier alpha value is -0.463. The summed E-state index contributed by atoms with van der Waals surface area (Å²) in [5, 5.41) is 12.1. The number of hydrogen-bond acceptors (Lipinski definition) is 4. The molecule has 3 aliphatic carbocycles. The molecule has 4 aliphatic rings. The first kappa shape index (κ1) is 21.8. The Labute approximate surface area is 177 Å². The summed E-state index contributed by atoms with van der Waals surface area (Å²) in [7, 11) is -1.10. The van der Waals surface area contributed by atoms with Crippen LogP contribution in [0.25, 0.3) is 0 Å². The second-order valence-electron chi connectivity index (χ2n) is 11.6. The molecule has 5 heteroatoms. The summed E-state index contributed by atoms with van der Waals surface area (Å²) in [6.45, 7) is 17.5. The van der Waals surface area contributed by atoms with Crippen molar-refractivity contribution in [2.45, 2.75) is 88.9 Å². The summed E-state index contributed by atoms with van der Waals surface area (Å²) >= 11 is 0. The van der Waals surface area contributed by atoms with Crippen molar-refractivity contribution < 1.29 is 19.3 Å². The average Bonchev–Trinajstić information content (AvgIpc) is 2.96. The Morgan fingerprint density at radius 3 is 2.66 bits per heavy atom. The van der Waals surface area contributed by atoms with Crippen molar-refractivity contribution in [3.8, 4) is 0 Å². The first-order valence-corrected chi connectivity index (χ1v) is 15.1. The van der Waals surface area contributed by atoms with Crippen LogP contribution in [0.2, 0.25) is 25.7 Å². The van der Waals surface area contributed by atoms with Crippen LogP contribution in [0.15, 0.2) is 24.3 Å². The van der Waals surface area contributed by atoms with Crippen molar-refractivity contribution in [2.24, 2.45) is 16.7 Å². The maximum Gasteiger partial charge on any atom is 0.148 e. The van der Waals surface area contributed by atoms with E-state index in [1.54, 1.807) is 0 Å². The van der Waals surface area contributed by atoms with Gasteiger partial charge in [-0.3, -0.25) is 0 Å². The lowest BCUT2D eigenvalue weighted by molar-refractivity contribution is -0.269. The molecule has 1 N–H and O–H groups in total. The Balaban J connectivity index is 1.51. The van der Waals surface area contributed by atoms with Crippen molar-refractivity contribution >= 4 is 8.07 Å². The van der Waals surface area contributed by atoms with E-state index in [2.05, 4.69) is 52.2 Å². The van der Waals surface area contributed by atoms with Crippen LogP contribution in [0, 0.1) is 16.7 Å². The van der Waals surface area contributed by atoms with Gasteiger partial charge in [-0.2, -0.15) is 0 Å². The topological polar surface area (TPSA) is 47.9 Å². The monoisotopic (exact) mass is 420 g/mol. The van der Waals surface area contributed by atoms with Crippen molar-refractivity contribution in [3.63, 3.8) is 0 Å². The summed E-state index contributed by atoms with van der Waals surface area (Å²) < 4.78 is 17.9. The van der Waals surface area contributed by atoms with Crippen molar-refractivity contribution in [1.29, 1.82) is 0 Å². The highest BCUT2D eigenvalue weighted by molar-refractivity contribution is 6.76. The van der Waals surface area contributed by atoms with Gasteiger partial charge in [0.1, 0.15) is 12.4 Å². The molecule has 2 bridgehead atoms. The fourth-order valence-electron chi connectivity index (χ4n) is 6.61. The van der Waals surface area contributed by atoms with E-state index in [1.807, 2.05) is 0 Å². The van der Waals surface area contributed by atoms with E-state index in [1.165, 1.54) is 6.42 Å². The highest BCUT2D eigenvalue weighted by Crippen LogP contribution is 2.72. The molecule has 0 aromatic rings. The van der Waals surface area contributed by atoms with Crippen LogP contribution in [0.3, 0.4) is 0 Å². The van der Waals surface area contributed by atoms with Crippen LogP contribution in [0.1, 0.15) is 46.0 Å². The van der Waals surface area contributed by atoms with Gasteiger partial charge >= 0.3 is 0 Å². The summed E-state index contributed by atoms with van der Waals surface area (Å²) in [5.41, 5.74) is -0.267. The van der Waals surface area contributed by atoms with Crippen LogP contribution in [0.5, 0.6) is 0 Å². The predicted molar refractivity (Wildman–Crippen MR) is 119 cm³/mol. The van der Waals surface area contributed by atoms with Crippen LogP contribution in [0.4, 0.5) is 0 Å². The van der Waals surface area contributed by atoms with E-state index in [9.17, 15) is 5.11 Å². The maximum atomic E-state index is 12.1. The quantitative estimate of drug-likeness (QED) is 0.262. The molecular weight excluding hydrogens is 380 g/mol. The number of ether oxygens (including phenoxy) is 3. The van der Waals surface area contributed by atoms with Gasteiger partial charge in [0.15, 0.2) is 0 Å². The lowest BCUT2D eigenvalue weighted by atomic mass is 9.59. The molecule has 29 heavy (non-hydrogen) atoms. The summed E-state index contributed by atoms with van der Waals surface area (Å²) in [6, 6.07) is 1.14. The van der Waals surface area contributed by atoms with E-state index in [0.29, 0.717) is 19.3 Å². The SMILES string of the molecule is C=C[C@]12CC[C@H](C[C@]1(O)C1=C[C@]3(OCOCC[Si](C)(C)C)CO[C@@H]3CC1)C2(C)C. The summed E-state index contributed by atoms with van der Waals surface area (Å²) in [5.74, 6) is 0.545. The maximum absolute atomic E-state index is 12.1. The normalized spacial score (nSPS) is 42.9. The molecule has 0 aromatic carbocycles. The van der Waals surface area contributed by atoms with E-state index in [4.69, 9.17) is 14.2 Å². The van der Waals surface area contributed by atoms with Gasteiger partial charge in [0.25, 0.3) is 0 Å². The van der Waals surface area contributed by atoms with Gasteiger partial charge in [-0.05, 0) is 61.1 Å². The van der Waals surface area contributed by atoms with Gasteiger partial charge in [-0.15, -0.1) is 6.58 Å². The van der Waals surface area contributed by atoms with E-state index in [-0.39, 0.29) is 16.9 Å². The zero-order valence-corrected chi connectivity index (χ0v) is 20.1. The number of rotatable bonds is 8. The van der Waals surface area contributed by atoms with Crippen molar-refractivity contribution in [2.75, 3.05) is 20.0 Å². The summed E-state index contributed by atoms with van der Waals surface area (Å²) in [6.07, 6.45) is 9.20. The largest absolute Gasteiger partial charge is 0.385 e. The second kappa shape index (κ2) is 7.03. The molecule has 0 aromatic heterocycles. The van der Waals surface area contributed by atoms with Gasteiger partial charge in [-0.25, -0.2) is 0 Å². The Kier molecular flexibility index (Phi) is 5.27. The van der Waals surface area contributed by atoms with E-state index >= 15 is 0 Å². The predicted octanol–water partition coefficient (Wildman–Crippen LogP) is 4.92. The molecule has 4 nitrogen and oxygen atoms in total. The minimum absolute atomic E-state index is 0.0747. The Morgan fingerprint density at radius 1 is 1.31 bits per heavy atom. The second-order valence-corrected chi connectivity index (χ2v) is 17.3. The molecule has 0 amide bonds. The molecule has 5 atom stereocenters. The minimum Gasteiger partial charge on any atom is -0.385 e. The minimum atomic E-state index is -1.10. The Bertz CT molecular complexity index is 695. The first-order chi connectivity index (χ1) is 13.5. The molecule has 2 saturated carbocycles. The first-order valence-electron chi connectivity index (χ1n) is 11.4. The molecule has 1 heterocycles. The molecule has 164 valence electrons. The van der Waals surface area contributed by atoms with Gasteiger partial charge < -0.3 is 19.3 Å². The average molecular weight is 421 g/mol. The highest BCUT2D eigenvalue weighted by atomic mass is 28.3. The number of hydrogen-bond donors (Lipinski definition) is 1. The van der Waals surface area contributed by atoms with Crippen molar-refractivity contribution in [1.82, 2.24) is 0 Å². The molecule has 1 aliphatic heterocycles. The fraction of sp³-hybridized carbons (Fsp3) is 0.833. The molecule has 1 saturated heterocycles. The van der Waals surface area contributed by atoms with Crippen LogP contribution < -0.4 is 0 Å². The third-order valence-electron chi connectivity index (χ3n) is 8.77. The molecular formula is C24H40O4Si. The molecule has 0 radical (unpaired) electrons. The number of fused-ring (bicyclic) bond motifs is 3. The van der Waals surface area contributed by atoms with Gasteiger partial charge in [0, 0.05) is 20.1 Å². The van der Waals surface area contributed by atoms with E-state index < -0.39 is 19.3 Å². The van der Waals surface area contributed by atoms with Crippen molar-refractivity contribution in [3.05, 3.63) is 24.3 Å². The van der Waals surface area contributed by atoms with Gasteiger partial charge in [0.05, 0.1) is 18.3 Å². The third kappa shape index (κ3) is 3.15. The molecule has 0 unspecified atom stereocenters. The number of aliphatic hydroxyl groups is 1. The van der Waals surface area contributed by atoms with E-state index in [0.717, 1.165) is 43.9 Å². The lowest BCUT2D eigenvalue weighted by Crippen LogP contribution is -2.62.